The van der Waals surface area contributed by atoms with E-state index in [9.17, 15) is 9.59 Å². The van der Waals surface area contributed by atoms with Gasteiger partial charge < -0.3 is 19.5 Å². The molecule has 2 N–H and O–H groups in total. The van der Waals surface area contributed by atoms with Crippen molar-refractivity contribution < 1.29 is 29.1 Å². The van der Waals surface area contributed by atoms with Crippen LogP contribution in [-0.2, 0) is 9.47 Å². The summed E-state index contributed by atoms with van der Waals surface area (Å²) < 4.78 is 10.4. The van der Waals surface area contributed by atoms with Gasteiger partial charge in [0.15, 0.2) is 0 Å². The van der Waals surface area contributed by atoms with Crippen molar-refractivity contribution in [3.63, 3.8) is 0 Å². The molecule has 1 aromatic heterocycles. The van der Waals surface area contributed by atoms with Gasteiger partial charge in [0.05, 0.1) is 0 Å². The van der Waals surface area contributed by atoms with Crippen LogP contribution in [0.3, 0.4) is 0 Å². The van der Waals surface area contributed by atoms with Crippen molar-refractivity contribution in [2.24, 2.45) is 0 Å². The number of pyridine rings is 1. The highest BCUT2D eigenvalue weighted by Gasteiger charge is 2.33. The number of rotatable bonds is 2. The first-order chi connectivity index (χ1) is 10.8. The lowest BCUT2D eigenvalue weighted by Crippen LogP contribution is -2.44. The zero-order valence-corrected chi connectivity index (χ0v) is 14.7. The zero-order chi connectivity index (χ0) is 18.7. The number of nitrogens with zero attached hydrogens (tertiary/aromatic N) is 2. The average molecular weight is 338 g/mol. The third kappa shape index (κ3) is 6.17. The summed E-state index contributed by atoms with van der Waals surface area (Å²) in [4.78, 5) is 29.3. The molecule has 0 aromatic carbocycles. The summed E-state index contributed by atoms with van der Waals surface area (Å²) in [6.45, 7) is 9.98. The van der Waals surface area contributed by atoms with E-state index in [1.54, 1.807) is 41.5 Å². The Bertz CT molecular complexity index is 561. The highest BCUT2D eigenvalue weighted by atomic mass is 16.6. The van der Waals surface area contributed by atoms with Gasteiger partial charge in [-0.25, -0.2) is 14.6 Å². The van der Waals surface area contributed by atoms with Crippen molar-refractivity contribution in [2.75, 3.05) is 4.90 Å². The molecule has 0 spiro atoms. The number of anilines is 1. The molecule has 0 unspecified atom stereocenters. The normalized spacial score (nSPS) is 11.7. The maximum atomic E-state index is 12.4. The standard InChI is InChI=1S/C15H23BN2O6/c1-14(2,3)23-12(19)18(13(20)24-15(4,5)6)11-8-7-10(9-17-11)16(21)22/h7-9,21-22H,1-6H3. The van der Waals surface area contributed by atoms with Crippen LogP contribution in [0.2, 0.25) is 0 Å². The summed E-state index contributed by atoms with van der Waals surface area (Å²) in [7, 11) is -1.71. The number of ether oxygens (including phenoxy) is 2. The predicted molar refractivity (Wildman–Crippen MR) is 89.0 cm³/mol. The van der Waals surface area contributed by atoms with Gasteiger partial charge in [-0.1, -0.05) is 6.07 Å². The van der Waals surface area contributed by atoms with Gasteiger partial charge in [0.1, 0.15) is 17.0 Å². The van der Waals surface area contributed by atoms with E-state index in [0.29, 0.717) is 4.90 Å². The van der Waals surface area contributed by atoms with Gasteiger partial charge in [0.2, 0.25) is 0 Å². The number of imide groups is 1. The minimum absolute atomic E-state index is 0.0529. The summed E-state index contributed by atoms with van der Waals surface area (Å²) in [5.41, 5.74) is -1.52. The molecule has 0 radical (unpaired) electrons. The number of carbonyl (C=O) groups is 2. The van der Waals surface area contributed by atoms with Crippen molar-refractivity contribution in [1.29, 1.82) is 0 Å². The molecule has 24 heavy (non-hydrogen) atoms. The molecule has 1 aromatic rings. The monoisotopic (exact) mass is 338 g/mol. The Balaban J connectivity index is 3.17. The van der Waals surface area contributed by atoms with Crippen LogP contribution in [0, 0.1) is 0 Å². The Morgan fingerprint density at radius 1 is 1.00 bits per heavy atom. The fraction of sp³-hybridized carbons (Fsp3) is 0.533. The fourth-order valence-electron chi connectivity index (χ4n) is 1.56. The van der Waals surface area contributed by atoms with Crippen molar-refractivity contribution in [3.05, 3.63) is 18.3 Å². The quantitative estimate of drug-likeness (QED) is 0.785. The summed E-state index contributed by atoms with van der Waals surface area (Å²) in [5.74, 6) is -0.0529. The van der Waals surface area contributed by atoms with E-state index in [0.717, 1.165) is 6.20 Å². The van der Waals surface area contributed by atoms with Crippen LogP contribution in [0.25, 0.3) is 0 Å². The molecule has 0 saturated carbocycles. The van der Waals surface area contributed by atoms with Crippen LogP contribution < -0.4 is 10.4 Å². The molecule has 0 saturated heterocycles. The fourth-order valence-corrected chi connectivity index (χ4v) is 1.56. The number of amides is 2. The largest absolute Gasteiger partial charge is 0.490 e. The molecule has 0 aliphatic carbocycles. The first kappa shape index (κ1) is 19.9. The van der Waals surface area contributed by atoms with Gasteiger partial charge in [0.25, 0.3) is 0 Å². The minimum atomic E-state index is -1.71. The molecular weight excluding hydrogens is 315 g/mol. The van der Waals surface area contributed by atoms with Crippen LogP contribution in [0.4, 0.5) is 15.4 Å². The van der Waals surface area contributed by atoms with Crippen LogP contribution in [0.1, 0.15) is 41.5 Å². The van der Waals surface area contributed by atoms with Gasteiger partial charge in [-0.2, -0.15) is 4.90 Å². The Morgan fingerprint density at radius 2 is 1.46 bits per heavy atom. The van der Waals surface area contributed by atoms with Gasteiger partial charge >= 0.3 is 19.3 Å². The second kappa shape index (κ2) is 7.19. The molecule has 0 aliphatic rings. The number of aromatic nitrogens is 1. The van der Waals surface area contributed by atoms with Crippen LogP contribution in [-0.4, -0.2) is 45.5 Å². The maximum absolute atomic E-state index is 12.4. The smallest absolute Gasteiger partial charge is 0.443 e. The van der Waals surface area contributed by atoms with E-state index >= 15 is 0 Å². The second-order valence-electron chi connectivity index (χ2n) is 7.12. The molecule has 132 valence electrons. The van der Waals surface area contributed by atoms with Crippen molar-refractivity contribution in [1.82, 2.24) is 4.98 Å². The van der Waals surface area contributed by atoms with E-state index < -0.39 is 30.5 Å². The van der Waals surface area contributed by atoms with E-state index in [1.165, 1.54) is 12.1 Å². The average Bonchev–Trinajstić information content (AvgIpc) is 2.34. The molecule has 0 bridgehead atoms. The summed E-state index contributed by atoms with van der Waals surface area (Å²) >= 11 is 0. The first-order valence-electron chi connectivity index (χ1n) is 7.38. The molecule has 1 rings (SSSR count). The number of hydrogen-bond donors (Lipinski definition) is 2. The molecule has 0 fully saturated rings. The topological polar surface area (TPSA) is 109 Å². The summed E-state index contributed by atoms with van der Waals surface area (Å²) in [6.07, 6.45) is -0.745. The lowest BCUT2D eigenvalue weighted by atomic mass is 9.82. The lowest BCUT2D eigenvalue weighted by Gasteiger charge is -2.28. The Hall–Kier alpha value is -2.13. The molecule has 9 heteroatoms. The number of hydrogen-bond acceptors (Lipinski definition) is 7. The Labute approximate surface area is 141 Å². The Morgan fingerprint density at radius 3 is 1.75 bits per heavy atom. The molecule has 0 atom stereocenters. The van der Waals surface area contributed by atoms with E-state index in [4.69, 9.17) is 19.5 Å². The minimum Gasteiger partial charge on any atom is -0.443 e. The Kier molecular flexibility index (Phi) is 5.96. The highest BCUT2D eigenvalue weighted by molar-refractivity contribution is 6.58. The summed E-state index contributed by atoms with van der Waals surface area (Å²) in [6, 6.07) is 2.62. The molecule has 0 aliphatic heterocycles. The van der Waals surface area contributed by atoms with Gasteiger partial charge in [0, 0.05) is 11.7 Å². The van der Waals surface area contributed by atoms with Crippen molar-refractivity contribution >= 4 is 30.6 Å². The molecule has 1 heterocycles. The molecule has 2 amide bonds. The van der Waals surface area contributed by atoms with Crippen LogP contribution >= 0.6 is 0 Å². The maximum Gasteiger partial charge on any atom is 0.490 e. The number of carbonyl (C=O) groups excluding carboxylic acids is 2. The van der Waals surface area contributed by atoms with Crippen LogP contribution in [0.15, 0.2) is 18.3 Å². The SMILES string of the molecule is CC(C)(C)OC(=O)N(C(=O)OC(C)(C)C)c1ccc(B(O)O)cn1. The van der Waals surface area contributed by atoms with E-state index in [2.05, 4.69) is 4.98 Å². The van der Waals surface area contributed by atoms with Crippen LogP contribution in [0.5, 0.6) is 0 Å². The van der Waals surface area contributed by atoms with Gasteiger partial charge in [-0.15, -0.1) is 0 Å². The highest BCUT2D eigenvalue weighted by Crippen LogP contribution is 2.19. The van der Waals surface area contributed by atoms with Gasteiger partial charge in [-0.3, -0.25) is 0 Å². The van der Waals surface area contributed by atoms with E-state index in [-0.39, 0.29) is 11.3 Å². The van der Waals surface area contributed by atoms with E-state index in [1.807, 2.05) is 0 Å². The van der Waals surface area contributed by atoms with Gasteiger partial charge in [-0.05, 0) is 47.6 Å². The lowest BCUT2D eigenvalue weighted by molar-refractivity contribution is 0.0429. The van der Waals surface area contributed by atoms with Crippen molar-refractivity contribution in [2.45, 2.75) is 52.7 Å². The second-order valence-corrected chi connectivity index (χ2v) is 7.12. The van der Waals surface area contributed by atoms with Crippen molar-refractivity contribution in [3.8, 4) is 0 Å². The zero-order valence-electron chi connectivity index (χ0n) is 14.7. The molecular formula is C15H23BN2O6. The third-order valence-electron chi connectivity index (χ3n) is 2.45. The predicted octanol–water partition coefficient (Wildman–Crippen LogP) is 1.44. The summed E-state index contributed by atoms with van der Waals surface area (Å²) in [5, 5.41) is 18.2. The first-order valence-corrected chi connectivity index (χ1v) is 7.38. The third-order valence-corrected chi connectivity index (χ3v) is 2.45. The molecule has 8 nitrogen and oxygen atoms in total.